The maximum absolute atomic E-state index is 11.3. The van der Waals surface area contributed by atoms with Crippen molar-refractivity contribution < 1.29 is 37.5 Å². The van der Waals surface area contributed by atoms with Gasteiger partial charge in [-0.15, -0.1) is 11.8 Å². The lowest BCUT2D eigenvalue weighted by Crippen LogP contribution is -2.21. The molecule has 1 aliphatic rings. The van der Waals surface area contributed by atoms with Gasteiger partial charge in [-0.1, -0.05) is 29.4 Å². The molecule has 1 aliphatic heterocycles. The van der Waals surface area contributed by atoms with Gasteiger partial charge >= 0.3 is 18.1 Å². The monoisotopic (exact) mass is 566 g/mol. The molecule has 1 atom stereocenters. The number of halogens is 3. The predicted molar refractivity (Wildman–Crippen MR) is 138 cm³/mol. The zero-order valence-electron chi connectivity index (χ0n) is 21.0. The summed E-state index contributed by atoms with van der Waals surface area (Å²) in [5, 5.41) is 23.9. The average Bonchev–Trinajstić information content (AvgIpc) is 3.34. The molecule has 0 bridgehead atoms. The van der Waals surface area contributed by atoms with Gasteiger partial charge in [-0.2, -0.15) is 18.2 Å². The van der Waals surface area contributed by atoms with E-state index in [0.717, 1.165) is 48.6 Å². The third-order valence-corrected chi connectivity index (χ3v) is 6.94. The fourth-order valence-corrected chi connectivity index (χ4v) is 4.84. The maximum atomic E-state index is 11.3. The van der Waals surface area contributed by atoms with Gasteiger partial charge in [0, 0.05) is 42.1 Å². The minimum atomic E-state index is -5.08. The van der Waals surface area contributed by atoms with E-state index in [1.54, 1.807) is 11.8 Å². The summed E-state index contributed by atoms with van der Waals surface area (Å²) in [6.45, 7) is 0.988. The Labute approximate surface area is 227 Å². The van der Waals surface area contributed by atoms with Crippen molar-refractivity contribution in [3.8, 4) is 0 Å². The summed E-state index contributed by atoms with van der Waals surface area (Å²) in [4.78, 5) is 30.5. The summed E-state index contributed by atoms with van der Waals surface area (Å²) in [7, 11) is 0. The summed E-state index contributed by atoms with van der Waals surface area (Å²) < 4.78 is 37.2. The first kappa shape index (κ1) is 29.9. The van der Waals surface area contributed by atoms with Crippen molar-refractivity contribution in [3.63, 3.8) is 0 Å². The summed E-state index contributed by atoms with van der Waals surface area (Å²) in [6.07, 6.45) is 0.159. The average molecular weight is 567 g/mol. The van der Waals surface area contributed by atoms with Crippen LogP contribution in [0.25, 0.3) is 0 Å². The zero-order chi connectivity index (χ0) is 28.3. The molecule has 13 heteroatoms. The molecule has 1 aromatic carbocycles. The Morgan fingerprint density at radius 2 is 1.82 bits per heavy atom. The first-order valence-electron chi connectivity index (χ1n) is 12.3. The highest BCUT2D eigenvalue weighted by Gasteiger charge is 2.38. The SMILES string of the molecule is O=C(O)C(F)(F)F.O=C(O)CC(CSc1ccccc1)Cc1nc(CCCc2ccc3c(n2)NCCC3)no1. The molecule has 210 valence electrons. The molecule has 3 N–H and O–H groups in total. The van der Waals surface area contributed by atoms with Crippen LogP contribution in [-0.2, 0) is 35.3 Å². The predicted octanol–water partition coefficient (Wildman–Crippen LogP) is 5.06. The van der Waals surface area contributed by atoms with Crippen LogP contribution in [0, 0.1) is 5.92 Å². The number of nitrogens with one attached hydrogen (secondary N) is 1. The summed E-state index contributed by atoms with van der Waals surface area (Å²) in [6, 6.07) is 14.3. The topological polar surface area (TPSA) is 138 Å². The van der Waals surface area contributed by atoms with Crippen molar-refractivity contribution in [2.24, 2.45) is 5.92 Å². The zero-order valence-corrected chi connectivity index (χ0v) is 21.8. The molecular formula is C26H29F3N4O5S. The number of benzene rings is 1. The minimum Gasteiger partial charge on any atom is -0.481 e. The highest BCUT2D eigenvalue weighted by Crippen LogP contribution is 2.24. The Hall–Kier alpha value is -3.61. The van der Waals surface area contributed by atoms with Crippen LogP contribution in [0.4, 0.5) is 19.0 Å². The van der Waals surface area contributed by atoms with Gasteiger partial charge in [0.15, 0.2) is 5.82 Å². The van der Waals surface area contributed by atoms with Gasteiger partial charge in [0.1, 0.15) is 5.82 Å². The van der Waals surface area contributed by atoms with Crippen molar-refractivity contribution in [3.05, 3.63) is 65.4 Å². The van der Waals surface area contributed by atoms with Gasteiger partial charge in [-0.05, 0) is 55.4 Å². The van der Waals surface area contributed by atoms with Gasteiger partial charge in [-0.25, -0.2) is 9.78 Å². The molecule has 3 aromatic rings. The molecule has 0 aliphatic carbocycles. The summed E-state index contributed by atoms with van der Waals surface area (Å²) >= 11 is 1.65. The number of carboxylic acids is 2. The van der Waals surface area contributed by atoms with Crippen LogP contribution in [0.1, 0.15) is 42.2 Å². The summed E-state index contributed by atoms with van der Waals surface area (Å²) in [5.74, 6) is -0.752. The summed E-state index contributed by atoms with van der Waals surface area (Å²) in [5.41, 5.74) is 2.37. The Morgan fingerprint density at radius 3 is 2.51 bits per heavy atom. The van der Waals surface area contributed by atoms with Crippen molar-refractivity contribution in [2.45, 2.75) is 56.0 Å². The van der Waals surface area contributed by atoms with Crippen LogP contribution in [0.5, 0.6) is 0 Å². The first-order chi connectivity index (χ1) is 18.6. The van der Waals surface area contributed by atoms with Gasteiger partial charge in [-0.3, -0.25) is 4.79 Å². The van der Waals surface area contributed by atoms with E-state index in [1.165, 1.54) is 5.56 Å². The number of pyridine rings is 1. The fraction of sp³-hybridized carbons (Fsp3) is 0.423. The molecular weight excluding hydrogens is 537 g/mol. The number of hydrogen-bond acceptors (Lipinski definition) is 8. The second-order valence-electron chi connectivity index (χ2n) is 8.89. The number of fused-ring (bicyclic) bond motifs is 1. The van der Waals surface area contributed by atoms with Gasteiger partial charge < -0.3 is 20.1 Å². The minimum absolute atomic E-state index is 0.0711. The lowest BCUT2D eigenvalue weighted by molar-refractivity contribution is -0.192. The van der Waals surface area contributed by atoms with E-state index in [1.807, 2.05) is 30.3 Å². The van der Waals surface area contributed by atoms with E-state index < -0.39 is 18.1 Å². The highest BCUT2D eigenvalue weighted by atomic mass is 32.2. The standard InChI is InChI=1S/C24H28N4O3S.C2HF3O2/c29-23(30)15-17(16-32-20-8-2-1-3-9-20)14-22-27-21(28-31-22)10-4-7-19-12-11-18-6-5-13-25-24(18)26-19;3-2(4,5)1(6)7/h1-3,8-9,11-12,17H,4-7,10,13-16H2,(H,25,26)(H,29,30);(H,6,7). The number of aryl methyl sites for hydroxylation is 3. The Balaban J connectivity index is 0.000000532. The smallest absolute Gasteiger partial charge is 0.481 e. The van der Waals surface area contributed by atoms with E-state index in [2.05, 4.69) is 27.6 Å². The molecule has 0 saturated heterocycles. The Morgan fingerprint density at radius 1 is 1.08 bits per heavy atom. The lowest BCUT2D eigenvalue weighted by atomic mass is 10.0. The molecule has 39 heavy (non-hydrogen) atoms. The van der Waals surface area contributed by atoms with Crippen LogP contribution >= 0.6 is 11.8 Å². The number of aromatic nitrogens is 3. The van der Waals surface area contributed by atoms with Gasteiger partial charge in [0.2, 0.25) is 5.89 Å². The molecule has 9 nitrogen and oxygen atoms in total. The number of rotatable bonds is 11. The van der Waals surface area contributed by atoms with Gasteiger partial charge in [0.25, 0.3) is 0 Å². The van der Waals surface area contributed by atoms with Crippen LogP contribution in [-0.4, -0.2) is 55.8 Å². The first-order valence-corrected chi connectivity index (χ1v) is 13.3. The molecule has 0 radical (unpaired) electrons. The number of anilines is 1. The van der Waals surface area contributed by atoms with Gasteiger partial charge in [0.05, 0.1) is 0 Å². The molecule has 0 saturated carbocycles. The van der Waals surface area contributed by atoms with E-state index in [4.69, 9.17) is 19.4 Å². The van der Waals surface area contributed by atoms with Crippen molar-refractivity contribution in [1.29, 1.82) is 0 Å². The number of thioether (sulfide) groups is 1. The molecule has 0 spiro atoms. The Kier molecular flexibility index (Phi) is 11.1. The fourth-order valence-electron chi connectivity index (χ4n) is 3.82. The van der Waals surface area contributed by atoms with E-state index >= 15 is 0 Å². The molecule has 0 amide bonds. The van der Waals surface area contributed by atoms with Crippen LogP contribution in [0.2, 0.25) is 0 Å². The van der Waals surface area contributed by atoms with E-state index in [-0.39, 0.29) is 12.3 Å². The number of nitrogens with zero attached hydrogens (tertiary/aromatic N) is 3. The Bertz CT molecular complexity index is 1220. The highest BCUT2D eigenvalue weighted by molar-refractivity contribution is 7.99. The molecule has 2 aromatic heterocycles. The largest absolute Gasteiger partial charge is 0.490 e. The number of alkyl halides is 3. The van der Waals surface area contributed by atoms with Crippen molar-refractivity contribution in [1.82, 2.24) is 15.1 Å². The number of aliphatic carboxylic acids is 2. The third kappa shape index (κ3) is 10.6. The molecule has 4 rings (SSSR count). The normalized spacial score (nSPS) is 13.4. The number of carboxylic acid groups (broad SMARTS) is 2. The van der Waals surface area contributed by atoms with E-state index in [9.17, 15) is 23.1 Å². The van der Waals surface area contributed by atoms with Crippen LogP contribution in [0.3, 0.4) is 0 Å². The second-order valence-corrected chi connectivity index (χ2v) is 9.99. The molecule has 0 fully saturated rings. The van der Waals surface area contributed by atoms with E-state index in [0.29, 0.717) is 30.3 Å². The van der Waals surface area contributed by atoms with Crippen molar-refractivity contribution >= 4 is 29.5 Å². The quantitative estimate of drug-likeness (QED) is 0.270. The lowest BCUT2D eigenvalue weighted by Gasteiger charge is -2.17. The number of hydrogen-bond donors (Lipinski definition) is 3. The maximum Gasteiger partial charge on any atom is 0.490 e. The van der Waals surface area contributed by atoms with Crippen molar-refractivity contribution in [2.75, 3.05) is 17.6 Å². The third-order valence-electron chi connectivity index (χ3n) is 5.69. The van der Waals surface area contributed by atoms with Crippen LogP contribution in [0.15, 0.2) is 51.9 Å². The number of carbonyl (C=O) groups is 2. The molecule has 1 unspecified atom stereocenters. The molecule has 3 heterocycles. The second kappa shape index (κ2) is 14.5. The van der Waals surface area contributed by atoms with Crippen LogP contribution < -0.4 is 5.32 Å².